The number of rotatable bonds is 5. The van der Waals surface area contributed by atoms with Crippen LogP contribution in [0.1, 0.15) is 42.7 Å². The number of carbonyl (C=O) groups is 3. The van der Waals surface area contributed by atoms with Gasteiger partial charge in [-0.3, -0.25) is 19.3 Å². The van der Waals surface area contributed by atoms with Crippen molar-refractivity contribution in [2.24, 2.45) is 0 Å². The number of carbonyl (C=O) groups excluding carboxylic acids is 3. The van der Waals surface area contributed by atoms with Crippen molar-refractivity contribution in [3.8, 4) is 0 Å². The van der Waals surface area contributed by atoms with E-state index in [2.05, 4.69) is 15.5 Å². The lowest BCUT2D eigenvalue weighted by atomic mass is 10.0. The first kappa shape index (κ1) is 18.0. The van der Waals surface area contributed by atoms with Gasteiger partial charge in [-0.05, 0) is 37.8 Å². The van der Waals surface area contributed by atoms with Crippen LogP contribution in [0.3, 0.4) is 0 Å². The van der Waals surface area contributed by atoms with E-state index in [9.17, 15) is 14.4 Å². The van der Waals surface area contributed by atoms with Gasteiger partial charge in [-0.25, -0.2) is 0 Å². The lowest BCUT2D eigenvalue weighted by Gasteiger charge is -2.37. The fourth-order valence-corrected chi connectivity index (χ4v) is 4.43. The van der Waals surface area contributed by atoms with E-state index in [1.165, 1.54) is 6.26 Å². The predicted octanol–water partition coefficient (Wildman–Crippen LogP) is 0.353. The maximum absolute atomic E-state index is 12.3. The molecule has 3 amide bonds. The lowest BCUT2D eigenvalue weighted by Crippen LogP contribution is -2.58. The fourth-order valence-electron chi connectivity index (χ4n) is 4.43. The molecule has 8 nitrogen and oxygen atoms in total. The summed E-state index contributed by atoms with van der Waals surface area (Å²) in [6, 6.07) is 3.08. The van der Waals surface area contributed by atoms with Gasteiger partial charge in [0.15, 0.2) is 5.76 Å². The van der Waals surface area contributed by atoms with Crippen LogP contribution in [-0.4, -0.2) is 71.8 Å². The zero-order valence-corrected chi connectivity index (χ0v) is 15.4. The number of nitrogens with one attached hydrogen (secondary N) is 2. The van der Waals surface area contributed by atoms with Gasteiger partial charge in [-0.1, -0.05) is 0 Å². The van der Waals surface area contributed by atoms with Crippen molar-refractivity contribution in [1.82, 2.24) is 20.4 Å². The maximum Gasteiger partial charge on any atom is 0.287 e. The molecule has 1 aromatic heterocycles. The third-order valence-electron chi connectivity index (χ3n) is 5.85. The highest BCUT2D eigenvalue weighted by Gasteiger charge is 2.44. The Labute approximate surface area is 158 Å². The van der Waals surface area contributed by atoms with Crippen LogP contribution in [-0.2, 0) is 9.59 Å². The minimum Gasteiger partial charge on any atom is -0.459 e. The van der Waals surface area contributed by atoms with Gasteiger partial charge >= 0.3 is 0 Å². The minimum absolute atomic E-state index is 0.00636. The molecule has 0 bridgehead atoms. The van der Waals surface area contributed by atoms with E-state index in [4.69, 9.17) is 4.42 Å². The van der Waals surface area contributed by atoms with E-state index in [0.29, 0.717) is 25.9 Å². The van der Waals surface area contributed by atoms with Crippen LogP contribution >= 0.6 is 0 Å². The topological polar surface area (TPSA) is 94.9 Å². The van der Waals surface area contributed by atoms with E-state index < -0.39 is 0 Å². The predicted molar refractivity (Wildman–Crippen MR) is 96.9 cm³/mol. The molecular formula is C19H26N4O4. The Morgan fingerprint density at radius 1 is 1.30 bits per heavy atom. The molecule has 4 rings (SSSR count). The molecule has 3 saturated heterocycles. The van der Waals surface area contributed by atoms with E-state index in [1.807, 2.05) is 4.90 Å². The molecule has 3 aliphatic heterocycles. The standard InChI is InChI=1S/C19H26N4O4/c24-17(22-7-1-2-8-22)6-5-14-11-20-18(25)15-10-13(12-23(14)15)21-19(26)16-4-3-9-27-16/h3-4,9,13-15H,1-2,5-8,10-12H2,(H,20,25)(H,21,26)/t13-,14-,15+/m1/s1. The van der Waals surface area contributed by atoms with Crippen LogP contribution in [0, 0.1) is 0 Å². The largest absolute Gasteiger partial charge is 0.459 e. The van der Waals surface area contributed by atoms with Crippen LogP contribution in [0.5, 0.6) is 0 Å². The SMILES string of the molecule is O=C(N[C@@H]1C[C@H]2C(=O)NC[C@@H](CCC(=O)N3CCCC3)N2C1)c1ccco1. The normalized spacial score (nSPS) is 28.1. The number of nitrogens with zero attached hydrogens (tertiary/aromatic N) is 2. The van der Waals surface area contributed by atoms with Crippen molar-refractivity contribution in [2.75, 3.05) is 26.2 Å². The number of likely N-dealkylation sites (tertiary alicyclic amines) is 1. The van der Waals surface area contributed by atoms with Gasteiger partial charge in [0.05, 0.1) is 12.3 Å². The second kappa shape index (κ2) is 7.72. The number of furan rings is 1. The first-order valence-corrected chi connectivity index (χ1v) is 9.77. The van der Waals surface area contributed by atoms with Gasteiger partial charge in [-0.2, -0.15) is 0 Å². The quantitative estimate of drug-likeness (QED) is 0.776. The smallest absolute Gasteiger partial charge is 0.287 e. The second-order valence-electron chi connectivity index (χ2n) is 7.62. The zero-order chi connectivity index (χ0) is 18.8. The maximum atomic E-state index is 12.3. The molecule has 0 radical (unpaired) electrons. The summed E-state index contributed by atoms with van der Waals surface area (Å²) in [5.41, 5.74) is 0. The summed E-state index contributed by atoms with van der Waals surface area (Å²) in [5.74, 6) is 0.234. The highest BCUT2D eigenvalue weighted by molar-refractivity contribution is 5.91. The first-order chi connectivity index (χ1) is 13.1. The molecule has 8 heteroatoms. The van der Waals surface area contributed by atoms with Crippen molar-refractivity contribution in [1.29, 1.82) is 0 Å². The van der Waals surface area contributed by atoms with Crippen LogP contribution in [0.15, 0.2) is 22.8 Å². The molecule has 3 fully saturated rings. The van der Waals surface area contributed by atoms with Gasteiger partial charge in [0.25, 0.3) is 5.91 Å². The van der Waals surface area contributed by atoms with Crippen molar-refractivity contribution >= 4 is 17.7 Å². The molecule has 4 heterocycles. The molecule has 0 spiro atoms. The number of hydrogen-bond acceptors (Lipinski definition) is 5. The summed E-state index contributed by atoms with van der Waals surface area (Å²) >= 11 is 0. The number of amides is 3. The first-order valence-electron chi connectivity index (χ1n) is 9.77. The number of hydrogen-bond donors (Lipinski definition) is 2. The Hall–Kier alpha value is -2.35. The number of fused-ring (bicyclic) bond motifs is 1. The lowest BCUT2D eigenvalue weighted by molar-refractivity contribution is -0.131. The third-order valence-corrected chi connectivity index (χ3v) is 5.85. The Kier molecular flexibility index (Phi) is 5.15. The summed E-state index contributed by atoms with van der Waals surface area (Å²) in [6.45, 7) is 2.91. The van der Waals surface area contributed by atoms with E-state index >= 15 is 0 Å². The molecule has 27 heavy (non-hydrogen) atoms. The van der Waals surface area contributed by atoms with Crippen LogP contribution in [0.25, 0.3) is 0 Å². The summed E-state index contributed by atoms with van der Waals surface area (Å²) < 4.78 is 5.13. The van der Waals surface area contributed by atoms with Gasteiger partial charge in [0.2, 0.25) is 11.8 Å². The molecule has 146 valence electrons. The van der Waals surface area contributed by atoms with Crippen molar-refractivity contribution in [3.63, 3.8) is 0 Å². The van der Waals surface area contributed by atoms with E-state index in [1.54, 1.807) is 12.1 Å². The average Bonchev–Trinajstić information content (AvgIpc) is 3.40. The van der Waals surface area contributed by atoms with Gasteiger partial charge in [0, 0.05) is 44.7 Å². The fraction of sp³-hybridized carbons (Fsp3) is 0.632. The van der Waals surface area contributed by atoms with Gasteiger partial charge in [0.1, 0.15) is 0 Å². The highest BCUT2D eigenvalue weighted by atomic mass is 16.3. The van der Waals surface area contributed by atoms with Crippen LogP contribution in [0.2, 0.25) is 0 Å². The van der Waals surface area contributed by atoms with Crippen molar-refractivity contribution in [3.05, 3.63) is 24.2 Å². The van der Waals surface area contributed by atoms with E-state index in [0.717, 1.165) is 32.4 Å². The molecule has 3 atom stereocenters. The van der Waals surface area contributed by atoms with Gasteiger partial charge < -0.3 is 20.0 Å². The van der Waals surface area contributed by atoms with Crippen molar-refractivity contribution < 1.29 is 18.8 Å². The molecule has 1 aromatic rings. The van der Waals surface area contributed by atoms with E-state index in [-0.39, 0.29) is 41.6 Å². The third kappa shape index (κ3) is 3.85. The summed E-state index contributed by atoms with van der Waals surface area (Å²) in [7, 11) is 0. The molecule has 0 saturated carbocycles. The molecule has 3 aliphatic rings. The monoisotopic (exact) mass is 374 g/mol. The average molecular weight is 374 g/mol. The van der Waals surface area contributed by atoms with Crippen molar-refractivity contribution in [2.45, 2.75) is 50.2 Å². The Bertz CT molecular complexity index is 699. The summed E-state index contributed by atoms with van der Waals surface area (Å²) in [4.78, 5) is 40.9. The Balaban J connectivity index is 1.34. The highest BCUT2D eigenvalue weighted by Crippen LogP contribution is 2.26. The van der Waals surface area contributed by atoms with Gasteiger partial charge in [-0.15, -0.1) is 0 Å². The molecule has 0 unspecified atom stereocenters. The Morgan fingerprint density at radius 3 is 2.85 bits per heavy atom. The molecular weight excluding hydrogens is 348 g/mol. The van der Waals surface area contributed by atoms with Crippen LogP contribution < -0.4 is 10.6 Å². The molecule has 0 aliphatic carbocycles. The summed E-state index contributed by atoms with van der Waals surface area (Å²) in [5, 5.41) is 5.92. The number of piperazine rings is 1. The van der Waals surface area contributed by atoms with Crippen LogP contribution in [0.4, 0.5) is 0 Å². The second-order valence-corrected chi connectivity index (χ2v) is 7.62. The zero-order valence-electron chi connectivity index (χ0n) is 15.4. The Morgan fingerprint density at radius 2 is 2.11 bits per heavy atom. The molecule has 0 aromatic carbocycles. The molecule has 2 N–H and O–H groups in total. The summed E-state index contributed by atoms with van der Waals surface area (Å²) in [6.07, 6.45) is 5.47. The minimum atomic E-state index is -0.258.